The average molecular weight is 233 g/mol. The van der Waals surface area contributed by atoms with Gasteiger partial charge < -0.3 is 0 Å². The van der Waals surface area contributed by atoms with Gasteiger partial charge in [-0.2, -0.15) is 17.6 Å². The first kappa shape index (κ1) is 11.0. The van der Waals surface area contributed by atoms with Crippen molar-refractivity contribution in [1.29, 1.82) is 0 Å². The summed E-state index contributed by atoms with van der Waals surface area (Å²) < 4.78 is 50.9. The highest BCUT2D eigenvalue weighted by atomic mass is 35.5. The van der Waals surface area contributed by atoms with Gasteiger partial charge in [0.2, 0.25) is 0 Å². The second-order valence-corrected chi connectivity index (χ2v) is 9.47. The molecule has 0 saturated carbocycles. The molecule has 0 unspecified atom stereocenters. The van der Waals surface area contributed by atoms with Gasteiger partial charge in [0.1, 0.15) is 0 Å². The summed E-state index contributed by atoms with van der Waals surface area (Å²) in [5.74, 6) is -8.18. The lowest BCUT2D eigenvalue weighted by Gasteiger charge is -2.43. The molecule has 0 fully saturated rings. The molecule has 0 atom stereocenters. The summed E-state index contributed by atoms with van der Waals surface area (Å²) in [5, 5.41) is -1.47. The number of allylic oxidation sites excluding steroid dienone is 2. The van der Waals surface area contributed by atoms with Gasteiger partial charge in [-0.05, 0) is 0 Å². The molecule has 0 spiro atoms. The highest BCUT2D eigenvalue weighted by Gasteiger charge is 2.72. The lowest BCUT2D eigenvalue weighted by molar-refractivity contribution is -0.178. The lowest BCUT2D eigenvalue weighted by atomic mass is 10.00. The van der Waals surface area contributed by atoms with Gasteiger partial charge in [-0.3, -0.25) is 0 Å². The van der Waals surface area contributed by atoms with Gasteiger partial charge in [0.15, 0.2) is 0 Å². The van der Waals surface area contributed by atoms with E-state index in [1.54, 1.807) is 19.6 Å². The van der Waals surface area contributed by atoms with Crippen LogP contribution in [0.15, 0.2) is 10.2 Å². The van der Waals surface area contributed by atoms with Crippen LogP contribution in [-0.2, 0) is 0 Å². The maximum absolute atomic E-state index is 12.9. The van der Waals surface area contributed by atoms with Crippen LogP contribution in [0.1, 0.15) is 0 Å². The van der Waals surface area contributed by atoms with Crippen LogP contribution in [0.5, 0.6) is 0 Å². The minimum Gasteiger partial charge on any atom is -0.195 e. The molecule has 0 amide bonds. The zero-order valence-electron chi connectivity index (χ0n) is 7.39. The van der Waals surface area contributed by atoms with E-state index in [0.717, 1.165) is 0 Å². The Labute approximate surface area is 79.6 Å². The summed E-state index contributed by atoms with van der Waals surface area (Å²) in [6.45, 7) is 4.69. The number of halogens is 5. The quantitative estimate of drug-likeness (QED) is 0.478. The molecule has 0 nitrogen and oxygen atoms in total. The zero-order chi connectivity index (χ0) is 10.7. The Morgan fingerprint density at radius 1 is 1.00 bits per heavy atom. The van der Waals surface area contributed by atoms with Gasteiger partial charge in [-0.1, -0.05) is 31.2 Å². The molecule has 76 valence electrons. The van der Waals surface area contributed by atoms with Gasteiger partial charge in [0.25, 0.3) is 0 Å². The average Bonchev–Trinajstić information content (AvgIpc) is 1.82. The Bertz CT molecular complexity index is 277. The van der Waals surface area contributed by atoms with Crippen molar-refractivity contribution in [1.82, 2.24) is 0 Å². The third-order valence-electron chi connectivity index (χ3n) is 1.95. The van der Waals surface area contributed by atoms with Crippen LogP contribution in [0.2, 0.25) is 19.6 Å². The number of hydrogen-bond donors (Lipinski definition) is 0. The molecule has 0 saturated heterocycles. The third kappa shape index (κ3) is 1.24. The van der Waals surface area contributed by atoms with Crippen LogP contribution in [0, 0.1) is 0 Å². The fourth-order valence-electron chi connectivity index (χ4n) is 1.33. The Morgan fingerprint density at radius 2 is 1.38 bits per heavy atom. The first-order valence-electron chi connectivity index (χ1n) is 3.69. The van der Waals surface area contributed by atoms with Crippen molar-refractivity contribution in [2.24, 2.45) is 0 Å². The van der Waals surface area contributed by atoms with Crippen molar-refractivity contribution in [3.63, 3.8) is 0 Å². The molecule has 0 heterocycles. The van der Waals surface area contributed by atoms with Crippen LogP contribution in [-0.4, -0.2) is 19.9 Å². The Morgan fingerprint density at radius 3 is 1.54 bits per heavy atom. The van der Waals surface area contributed by atoms with Crippen molar-refractivity contribution < 1.29 is 17.6 Å². The molecule has 0 aromatic rings. The maximum Gasteiger partial charge on any atom is 0.349 e. The topological polar surface area (TPSA) is 0 Å². The first-order chi connectivity index (χ1) is 5.53. The minimum absolute atomic E-state index is 0.522. The minimum atomic E-state index is -4.15. The standard InChI is InChI=1S/C7H9ClF4Si/c1-13(2,3)5-4(8)6(9,10)7(5,11)12/h1-3H3. The summed E-state index contributed by atoms with van der Waals surface area (Å²) in [6.07, 6.45) is 0. The maximum atomic E-state index is 12.9. The lowest BCUT2D eigenvalue weighted by Crippen LogP contribution is -2.58. The Balaban J connectivity index is 3.23. The molecular weight excluding hydrogens is 224 g/mol. The normalized spacial score (nSPS) is 25.8. The van der Waals surface area contributed by atoms with Crippen LogP contribution < -0.4 is 0 Å². The van der Waals surface area contributed by atoms with Crippen LogP contribution in [0.25, 0.3) is 0 Å². The number of rotatable bonds is 1. The summed E-state index contributed by atoms with van der Waals surface area (Å²) in [5.41, 5.74) is 0. The molecule has 0 bridgehead atoms. The molecule has 1 rings (SSSR count). The van der Waals surface area contributed by atoms with Crippen molar-refractivity contribution in [2.75, 3.05) is 0 Å². The molecule has 0 radical (unpaired) electrons. The fraction of sp³-hybridized carbons (Fsp3) is 0.714. The SMILES string of the molecule is C[Si](C)(C)C1=C(Cl)C(F)(F)C1(F)F. The molecule has 1 aliphatic rings. The predicted molar refractivity (Wildman–Crippen MR) is 46.1 cm³/mol. The number of alkyl halides is 4. The van der Waals surface area contributed by atoms with Crippen LogP contribution >= 0.6 is 11.6 Å². The van der Waals surface area contributed by atoms with E-state index in [0.29, 0.717) is 0 Å². The Hall–Kier alpha value is -0.0331. The van der Waals surface area contributed by atoms with E-state index in [1.807, 2.05) is 0 Å². The molecule has 0 aromatic carbocycles. The van der Waals surface area contributed by atoms with E-state index < -0.39 is 30.1 Å². The van der Waals surface area contributed by atoms with E-state index in [1.165, 1.54) is 0 Å². The van der Waals surface area contributed by atoms with Crippen molar-refractivity contribution in [3.8, 4) is 0 Å². The van der Waals surface area contributed by atoms with E-state index >= 15 is 0 Å². The third-order valence-corrected chi connectivity index (χ3v) is 4.60. The monoisotopic (exact) mass is 232 g/mol. The van der Waals surface area contributed by atoms with Crippen molar-refractivity contribution in [2.45, 2.75) is 31.5 Å². The molecule has 6 heteroatoms. The van der Waals surface area contributed by atoms with E-state index in [-0.39, 0.29) is 0 Å². The summed E-state index contributed by atoms with van der Waals surface area (Å²) in [4.78, 5) is 0. The summed E-state index contributed by atoms with van der Waals surface area (Å²) >= 11 is 5.16. The molecule has 13 heavy (non-hydrogen) atoms. The van der Waals surface area contributed by atoms with Gasteiger partial charge in [0.05, 0.1) is 13.1 Å². The molecule has 0 aromatic heterocycles. The molecule has 0 aliphatic heterocycles. The van der Waals surface area contributed by atoms with Gasteiger partial charge in [-0.25, -0.2) is 0 Å². The molecular formula is C7H9ClF4Si. The van der Waals surface area contributed by atoms with Crippen molar-refractivity contribution >= 4 is 19.7 Å². The zero-order valence-corrected chi connectivity index (χ0v) is 9.15. The van der Waals surface area contributed by atoms with E-state index in [2.05, 4.69) is 0 Å². The number of hydrogen-bond acceptors (Lipinski definition) is 0. The van der Waals surface area contributed by atoms with Gasteiger partial charge in [-0.15, -0.1) is 0 Å². The molecule has 0 N–H and O–H groups in total. The highest BCUT2D eigenvalue weighted by Crippen LogP contribution is 2.59. The first-order valence-corrected chi connectivity index (χ1v) is 7.57. The summed E-state index contributed by atoms with van der Waals surface area (Å²) in [6, 6.07) is 0. The summed E-state index contributed by atoms with van der Waals surface area (Å²) in [7, 11) is -2.44. The fourth-order valence-corrected chi connectivity index (χ4v) is 4.33. The highest BCUT2D eigenvalue weighted by molar-refractivity contribution is 6.84. The van der Waals surface area contributed by atoms with Gasteiger partial charge >= 0.3 is 11.8 Å². The second-order valence-electron chi connectivity index (χ2n) is 4.09. The van der Waals surface area contributed by atoms with E-state index in [9.17, 15) is 17.6 Å². The predicted octanol–water partition coefficient (Wildman–Crippen LogP) is 3.64. The smallest absolute Gasteiger partial charge is 0.195 e. The van der Waals surface area contributed by atoms with E-state index in [4.69, 9.17) is 11.6 Å². The Kier molecular flexibility index (Phi) is 2.13. The van der Waals surface area contributed by atoms with Gasteiger partial charge in [0, 0.05) is 5.20 Å². The van der Waals surface area contributed by atoms with Crippen LogP contribution in [0.4, 0.5) is 17.6 Å². The van der Waals surface area contributed by atoms with Crippen molar-refractivity contribution in [3.05, 3.63) is 10.2 Å². The molecule has 1 aliphatic carbocycles. The second kappa shape index (κ2) is 2.51. The largest absolute Gasteiger partial charge is 0.349 e. The van der Waals surface area contributed by atoms with Crippen LogP contribution in [0.3, 0.4) is 0 Å².